The fourth-order valence-electron chi connectivity index (χ4n) is 2.75. The number of amides is 1. The summed E-state index contributed by atoms with van der Waals surface area (Å²) in [5.74, 6) is -1.83. The molecular formula is C19H18FNO4. The molecule has 25 heavy (non-hydrogen) atoms. The Morgan fingerprint density at radius 1 is 1.24 bits per heavy atom. The Labute approximate surface area is 144 Å². The van der Waals surface area contributed by atoms with Crippen molar-refractivity contribution in [3.63, 3.8) is 0 Å². The second kappa shape index (κ2) is 6.93. The van der Waals surface area contributed by atoms with E-state index in [1.165, 1.54) is 12.1 Å². The molecule has 2 aromatic carbocycles. The Bertz CT molecular complexity index is 817. The highest BCUT2D eigenvalue weighted by Crippen LogP contribution is 2.32. The first-order chi connectivity index (χ1) is 12.0. The van der Waals surface area contributed by atoms with Gasteiger partial charge in [-0.05, 0) is 37.1 Å². The van der Waals surface area contributed by atoms with Crippen LogP contribution in [0.2, 0.25) is 0 Å². The molecule has 0 unspecified atom stereocenters. The van der Waals surface area contributed by atoms with E-state index in [0.717, 1.165) is 24.5 Å². The van der Waals surface area contributed by atoms with E-state index in [1.807, 2.05) is 24.3 Å². The maximum absolute atomic E-state index is 14.3. The van der Waals surface area contributed by atoms with Crippen molar-refractivity contribution in [3.05, 3.63) is 65.0 Å². The molecule has 0 heterocycles. The van der Waals surface area contributed by atoms with Crippen LogP contribution in [0.4, 0.5) is 4.39 Å². The van der Waals surface area contributed by atoms with E-state index in [1.54, 1.807) is 12.0 Å². The van der Waals surface area contributed by atoms with Gasteiger partial charge in [0, 0.05) is 18.2 Å². The molecule has 0 atom stereocenters. The maximum atomic E-state index is 14.3. The van der Waals surface area contributed by atoms with E-state index in [0.29, 0.717) is 12.3 Å². The second-order valence-electron chi connectivity index (χ2n) is 5.98. The van der Waals surface area contributed by atoms with Crippen molar-refractivity contribution in [2.45, 2.75) is 25.4 Å². The summed E-state index contributed by atoms with van der Waals surface area (Å²) in [6.07, 6.45) is 1.74. The molecule has 1 saturated carbocycles. The molecule has 0 bridgehead atoms. The fraction of sp³-hybridized carbons (Fsp3) is 0.263. The third-order valence-corrected chi connectivity index (χ3v) is 4.23. The summed E-state index contributed by atoms with van der Waals surface area (Å²) in [4.78, 5) is 25.4. The lowest BCUT2D eigenvalue weighted by Crippen LogP contribution is -2.33. The molecule has 0 aliphatic heterocycles. The van der Waals surface area contributed by atoms with Gasteiger partial charge in [-0.15, -0.1) is 0 Å². The zero-order valence-corrected chi connectivity index (χ0v) is 13.7. The van der Waals surface area contributed by atoms with Gasteiger partial charge in [0.25, 0.3) is 5.91 Å². The number of methoxy groups -OCH3 is 1. The number of halogens is 1. The summed E-state index contributed by atoms with van der Waals surface area (Å²) in [6, 6.07) is 10.8. The minimum atomic E-state index is -1.23. The van der Waals surface area contributed by atoms with Crippen molar-refractivity contribution in [1.29, 1.82) is 0 Å². The van der Waals surface area contributed by atoms with Gasteiger partial charge < -0.3 is 14.7 Å². The highest BCUT2D eigenvalue weighted by molar-refractivity contribution is 5.96. The number of carbonyl (C=O) groups excluding carboxylic acids is 1. The number of carboxylic acid groups (broad SMARTS) is 1. The van der Waals surface area contributed by atoms with Crippen LogP contribution in [0.1, 0.15) is 39.1 Å². The van der Waals surface area contributed by atoms with E-state index < -0.39 is 17.7 Å². The number of benzene rings is 2. The molecule has 130 valence electrons. The number of carboxylic acids is 1. The third kappa shape index (κ3) is 3.63. The lowest BCUT2D eigenvalue weighted by atomic mass is 10.1. The number of hydrogen-bond acceptors (Lipinski definition) is 3. The van der Waals surface area contributed by atoms with Crippen molar-refractivity contribution in [1.82, 2.24) is 4.90 Å². The van der Waals surface area contributed by atoms with Crippen molar-refractivity contribution < 1.29 is 23.8 Å². The molecule has 0 saturated heterocycles. The van der Waals surface area contributed by atoms with Crippen molar-refractivity contribution in [3.8, 4) is 5.75 Å². The molecular weight excluding hydrogens is 325 g/mol. The highest BCUT2D eigenvalue weighted by Gasteiger charge is 2.34. The van der Waals surface area contributed by atoms with Crippen LogP contribution in [0, 0.1) is 5.82 Å². The molecule has 3 rings (SSSR count). The van der Waals surface area contributed by atoms with Gasteiger partial charge in [0.15, 0.2) is 0 Å². The average Bonchev–Trinajstić information content (AvgIpc) is 3.44. The van der Waals surface area contributed by atoms with Crippen molar-refractivity contribution >= 4 is 11.9 Å². The molecule has 1 aliphatic rings. The summed E-state index contributed by atoms with van der Waals surface area (Å²) in [6.45, 7) is 0.313. The fourth-order valence-corrected chi connectivity index (χ4v) is 2.75. The minimum absolute atomic E-state index is 0.0657. The summed E-state index contributed by atoms with van der Waals surface area (Å²) in [5, 5.41) is 8.92. The molecule has 1 amide bonds. The lowest BCUT2D eigenvalue weighted by molar-refractivity contribution is 0.0689. The first-order valence-electron chi connectivity index (χ1n) is 7.97. The molecule has 0 radical (unpaired) electrons. The Morgan fingerprint density at radius 3 is 2.56 bits per heavy atom. The Balaban J connectivity index is 1.88. The number of rotatable bonds is 6. The number of ether oxygens (including phenoxy) is 1. The molecule has 5 nitrogen and oxygen atoms in total. The Morgan fingerprint density at radius 2 is 1.96 bits per heavy atom. The van der Waals surface area contributed by atoms with Crippen LogP contribution in [0.3, 0.4) is 0 Å². The van der Waals surface area contributed by atoms with Crippen LogP contribution in [-0.4, -0.2) is 35.0 Å². The number of carbonyl (C=O) groups is 2. The monoisotopic (exact) mass is 343 g/mol. The van der Waals surface area contributed by atoms with Crippen LogP contribution >= 0.6 is 0 Å². The second-order valence-corrected chi connectivity index (χ2v) is 5.98. The van der Waals surface area contributed by atoms with Gasteiger partial charge in [-0.25, -0.2) is 9.18 Å². The number of para-hydroxylation sites is 1. The van der Waals surface area contributed by atoms with Gasteiger partial charge in [0.2, 0.25) is 0 Å². The van der Waals surface area contributed by atoms with Gasteiger partial charge >= 0.3 is 5.97 Å². The van der Waals surface area contributed by atoms with E-state index >= 15 is 0 Å². The predicted molar refractivity (Wildman–Crippen MR) is 89.2 cm³/mol. The largest absolute Gasteiger partial charge is 0.496 e. The molecule has 1 N–H and O–H groups in total. The quantitative estimate of drug-likeness (QED) is 0.874. The molecule has 1 fully saturated rings. The first kappa shape index (κ1) is 17.0. The minimum Gasteiger partial charge on any atom is -0.496 e. The van der Waals surface area contributed by atoms with Gasteiger partial charge in [-0.2, -0.15) is 0 Å². The van der Waals surface area contributed by atoms with Gasteiger partial charge in [0.1, 0.15) is 11.6 Å². The molecule has 0 spiro atoms. The normalized spacial score (nSPS) is 13.4. The van der Waals surface area contributed by atoms with E-state index in [9.17, 15) is 14.0 Å². The number of hydrogen-bond donors (Lipinski definition) is 1. The number of nitrogens with zero attached hydrogens (tertiary/aromatic N) is 1. The zero-order chi connectivity index (χ0) is 18.0. The van der Waals surface area contributed by atoms with Gasteiger partial charge in [-0.3, -0.25) is 4.79 Å². The topological polar surface area (TPSA) is 66.8 Å². The van der Waals surface area contributed by atoms with Crippen LogP contribution in [0.5, 0.6) is 5.75 Å². The lowest BCUT2D eigenvalue weighted by Gasteiger charge is -2.24. The maximum Gasteiger partial charge on any atom is 0.335 e. The summed E-state index contributed by atoms with van der Waals surface area (Å²) < 4.78 is 19.6. The standard InChI is InChI=1S/C19H18FNO4/c1-25-17-5-3-2-4-13(17)11-21(14-7-8-14)18(22)15-9-6-12(19(23)24)10-16(15)20/h2-6,9-10,14H,7-8,11H2,1H3,(H,23,24). The van der Waals surface area contributed by atoms with Gasteiger partial charge in [-0.1, -0.05) is 18.2 Å². The Kier molecular flexibility index (Phi) is 4.70. The summed E-state index contributed by atoms with van der Waals surface area (Å²) in [5.41, 5.74) is 0.538. The SMILES string of the molecule is COc1ccccc1CN(C(=O)c1ccc(C(=O)O)cc1F)C1CC1. The van der Waals surface area contributed by atoms with Crippen LogP contribution in [0.15, 0.2) is 42.5 Å². The first-order valence-corrected chi connectivity index (χ1v) is 7.97. The smallest absolute Gasteiger partial charge is 0.335 e. The molecule has 0 aromatic heterocycles. The van der Waals surface area contributed by atoms with Crippen LogP contribution < -0.4 is 4.74 Å². The number of aromatic carboxylic acids is 1. The average molecular weight is 343 g/mol. The van der Waals surface area contributed by atoms with Crippen molar-refractivity contribution in [2.75, 3.05) is 7.11 Å². The van der Waals surface area contributed by atoms with Crippen LogP contribution in [-0.2, 0) is 6.54 Å². The van der Waals surface area contributed by atoms with E-state index in [-0.39, 0.29) is 17.2 Å². The summed E-state index contributed by atoms with van der Waals surface area (Å²) in [7, 11) is 1.56. The van der Waals surface area contributed by atoms with E-state index in [4.69, 9.17) is 9.84 Å². The van der Waals surface area contributed by atoms with Crippen LogP contribution in [0.25, 0.3) is 0 Å². The predicted octanol–water partition coefficient (Wildman–Crippen LogP) is 3.34. The molecule has 6 heteroatoms. The highest BCUT2D eigenvalue weighted by atomic mass is 19.1. The molecule has 2 aromatic rings. The van der Waals surface area contributed by atoms with Crippen molar-refractivity contribution in [2.24, 2.45) is 0 Å². The van der Waals surface area contributed by atoms with Gasteiger partial charge in [0.05, 0.1) is 18.2 Å². The Hall–Kier alpha value is -2.89. The third-order valence-electron chi connectivity index (χ3n) is 4.23. The summed E-state index contributed by atoms with van der Waals surface area (Å²) >= 11 is 0. The van der Waals surface area contributed by atoms with E-state index in [2.05, 4.69) is 0 Å². The molecule has 1 aliphatic carbocycles. The zero-order valence-electron chi connectivity index (χ0n) is 13.7.